The number of aryl methyl sites for hydroxylation is 1. The number of aliphatic carboxylic acids is 1. The molecule has 1 atom stereocenters. The van der Waals surface area contributed by atoms with Crippen molar-refractivity contribution in [1.29, 1.82) is 0 Å². The molecule has 0 amide bonds. The standard InChI is InChI=1S/C10H15N3O3/c1-10(2,16)9-12-11-7-4-3-6(8(14)15)5-13(7)9/h6,16H,3-5H2,1-2H3,(H,14,15). The number of nitrogens with zero attached hydrogens (tertiary/aromatic N) is 3. The molecule has 0 fully saturated rings. The fourth-order valence-electron chi connectivity index (χ4n) is 1.98. The van der Waals surface area contributed by atoms with Crippen molar-refractivity contribution in [3.8, 4) is 0 Å². The Kier molecular flexibility index (Phi) is 2.46. The van der Waals surface area contributed by atoms with E-state index in [1.807, 2.05) is 0 Å². The van der Waals surface area contributed by atoms with Crippen molar-refractivity contribution in [2.75, 3.05) is 0 Å². The molecule has 2 N–H and O–H groups in total. The molecule has 2 rings (SSSR count). The zero-order valence-corrected chi connectivity index (χ0v) is 9.34. The Bertz CT molecular complexity index is 419. The second kappa shape index (κ2) is 3.55. The van der Waals surface area contributed by atoms with Gasteiger partial charge in [-0.15, -0.1) is 10.2 Å². The van der Waals surface area contributed by atoms with Gasteiger partial charge in [-0.05, 0) is 20.3 Å². The molecule has 6 nitrogen and oxygen atoms in total. The van der Waals surface area contributed by atoms with Gasteiger partial charge in [0.25, 0.3) is 0 Å². The molecule has 0 saturated carbocycles. The first-order chi connectivity index (χ1) is 7.39. The highest BCUT2D eigenvalue weighted by Gasteiger charge is 2.32. The predicted octanol–water partition coefficient (Wildman–Crippen LogP) is 0.152. The zero-order chi connectivity index (χ0) is 11.9. The number of carboxylic acids is 1. The Morgan fingerprint density at radius 3 is 2.75 bits per heavy atom. The Hall–Kier alpha value is -1.43. The third-order valence-corrected chi connectivity index (χ3v) is 2.84. The molecular weight excluding hydrogens is 210 g/mol. The van der Waals surface area contributed by atoms with Gasteiger partial charge in [0.15, 0.2) is 5.82 Å². The maximum absolute atomic E-state index is 10.9. The topological polar surface area (TPSA) is 88.2 Å². The maximum atomic E-state index is 10.9. The van der Waals surface area contributed by atoms with Gasteiger partial charge in [0.05, 0.1) is 5.92 Å². The predicted molar refractivity (Wildman–Crippen MR) is 54.7 cm³/mol. The average Bonchev–Trinajstić information content (AvgIpc) is 2.58. The lowest BCUT2D eigenvalue weighted by Gasteiger charge is -2.24. The van der Waals surface area contributed by atoms with Crippen molar-refractivity contribution in [2.45, 2.75) is 38.8 Å². The van der Waals surface area contributed by atoms with Gasteiger partial charge in [-0.2, -0.15) is 0 Å². The summed E-state index contributed by atoms with van der Waals surface area (Å²) < 4.78 is 1.72. The van der Waals surface area contributed by atoms with E-state index in [0.717, 1.165) is 5.82 Å². The van der Waals surface area contributed by atoms with E-state index in [1.54, 1.807) is 18.4 Å². The van der Waals surface area contributed by atoms with Gasteiger partial charge in [0.2, 0.25) is 0 Å². The second-order valence-corrected chi connectivity index (χ2v) is 4.68. The molecule has 0 bridgehead atoms. The first-order valence-electron chi connectivity index (χ1n) is 5.27. The highest BCUT2D eigenvalue weighted by Crippen LogP contribution is 2.25. The van der Waals surface area contributed by atoms with E-state index in [1.165, 1.54) is 0 Å². The molecule has 1 unspecified atom stereocenters. The van der Waals surface area contributed by atoms with Crippen LogP contribution < -0.4 is 0 Å². The fraction of sp³-hybridized carbons (Fsp3) is 0.700. The third-order valence-electron chi connectivity index (χ3n) is 2.84. The van der Waals surface area contributed by atoms with Crippen LogP contribution in [0.2, 0.25) is 0 Å². The van der Waals surface area contributed by atoms with Crippen molar-refractivity contribution < 1.29 is 15.0 Å². The van der Waals surface area contributed by atoms with Crippen LogP contribution in [-0.2, 0) is 23.4 Å². The number of aliphatic hydroxyl groups is 1. The molecule has 1 aliphatic rings. The number of carbonyl (C=O) groups is 1. The Morgan fingerprint density at radius 2 is 2.19 bits per heavy atom. The lowest BCUT2D eigenvalue weighted by Crippen LogP contribution is -2.31. The summed E-state index contributed by atoms with van der Waals surface area (Å²) in [5, 5.41) is 26.8. The van der Waals surface area contributed by atoms with Gasteiger partial charge in [-0.1, -0.05) is 0 Å². The largest absolute Gasteiger partial charge is 0.481 e. The van der Waals surface area contributed by atoms with Crippen LogP contribution in [0.1, 0.15) is 31.9 Å². The molecule has 0 saturated heterocycles. The second-order valence-electron chi connectivity index (χ2n) is 4.68. The van der Waals surface area contributed by atoms with E-state index < -0.39 is 17.5 Å². The first kappa shape index (κ1) is 11.1. The summed E-state index contributed by atoms with van der Waals surface area (Å²) in [6, 6.07) is 0. The number of hydrogen-bond donors (Lipinski definition) is 2. The number of fused-ring (bicyclic) bond motifs is 1. The van der Waals surface area contributed by atoms with Gasteiger partial charge < -0.3 is 14.8 Å². The maximum Gasteiger partial charge on any atom is 0.308 e. The Balaban J connectivity index is 2.35. The summed E-state index contributed by atoms with van der Waals surface area (Å²) in [5.41, 5.74) is -1.09. The molecule has 1 aromatic rings. The lowest BCUT2D eigenvalue weighted by molar-refractivity contribution is -0.142. The van der Waals surface area contributed by atoms with Crippen molar-refractivity contribution in [3.63, 3.8) is 0 Å². The summed E-state index contributed by atoms with van der Waals surface area (Å²) >= 11 is 0. The van der Waals surface area contributed by atoms with E-state index >= 15 is 0 Å². The monoisotopic (exact) mass is 225 g/mol. The molecule has 0 aromatic carbocycles. The minimum absolute atomic E-state index is 0.344. The van der Waals surface area contributed by atoms with Crippen LogP contribution in [0.25, 0.3) is 0 Å². The summed E-state index contributed by atoms with van der Waals surface area (Å²) in [6.07, 6.45) is 1.18. The van der Waals surface area contributed by atoms with Crippen molar-refractivity contribution >= 4 is 5.97 Å². The molecule has 0 aliphatic carbocycles. The molecule has 16 heavy (non-hydrogen) atoms. The Morgan fingerprint density at radius 1 is 1.50 bits per heavy atom. The van der Waals surface area contributed by atoms with Crippen molar-refractivity contribution in [3.05, 3.63) is 11.6 Å². The first-order valence-corrected chi connectivity index (χ1v) is 5.27. The Labute approximate surface area is 92.9 Å². The molecule has 1 aliphatic heterocycles. The van der Waals surface area contributed by atoms with Crippen molar-refractivity contribution in [1.82, 2.24) is 14.8 Å². The number of rotatable bonds is 2. The molecule has 6 heteroatoms. The smallest absolute Gasteiger partial charge is 0.308 e. The number of hydrogen-bond acceptors (Lipinski definition) is 4. The average molecular weight is 225 g/mol. The highest BCUT2D eigenvalue weighted by atomic mass is 16.4. The van der Waals surface area contributed by atoms with Gasteiger partial charge in [-0.25, -0.2) is 0 Å². The van der Waals surface area contributed by atoms with E-state index in [4.69, 9.17) is 5.11 Å². The minimum atomic E-state index is -1.09. The molecule has 1 aromatic heterocycles. The minimum Gasteiger partial charge on any atom is -0.481 e. The summed E-state index contributed by atoms with van der Waals surface area (Å²) in [6.45, 7) is 3.58. The van der Waals surface area contributed by atoms with E-state index in [-0.39, 0.29) is 0 Å². The zero-order valence-electron chi connectivity index (χ0n) is 9.34. The molecule has 0 spiro atoms. The molecule has 0 radical (unpaired) electrons. The molecular formula is C10H15N3O3. The van der Waals surface area contributed by atoms with E-state index in [2.05, 4.69) is 10.2 Å². The third kappa shape index (κ3) is 1.80. The van der Waals surface area contributed by atoms with Crippen LogP contribution in [0.3, 0.4) is 0 Å². The van der Waals surface area contributed by atoms with Gasteiger partial charge >= 0.3 is 5.97 Å². The van der Waals surface area contributed by atoms with Gasteiger partial charge in [0.1, 0.15) is 11.4 Å². The van der Waals surface area contributed by atoms with Crippen molar-refractivity contribution in [2.24, 2.45) is 5.92 Å². The highest BCUT2D eigenvalue weighted by molar-refractivity contribution is 5.70. The number of aromatic nitrogens is 3. The van der Waals surface area contributed by atoms with Gasteiger partial charge in [0, 0.05) is 13.0 Å². The quantitative estimate of drug-likeness (QED) is 0.748. The molecule has 88 valence electrons. The van der Waals surface area contributed by atoms with E-state index in [0.29, 0.717) is 25.2 Å². The van der Waals surface area contributed by atoms with Crippen LogP contribution >= 0.6 is 0 Å². The summed E-state index contributed by atoms with van der Waals surface area (Å²) in [5.74, 6) is -0.0197. The van der Waals surface area contributed by atoms with Crippen LogP contribution in [0.15, 0.2) is 0 Å². The fourth-order valence-corrected chi connectivity index (χ4v) is 1.98. The van der Waals surface area contributed by atoms with Crippen LogP contribution in [0.5, 0.6) is 0 Å². The summed E-state index contributed by atoms with van der Waals surface area (Å²) in [4.78, 5) is 10.9. The lowest BCUT2D eigenvalue weighted by atomic mass is 9.98. The van der Waals surface area contributed by atoms with E-state index in [9.17, 15) is 9.90 Å². The van der Waals surface area contributed by atoms with Crippen LogP contribution in [0, 0.1) is 5.92 Å². The SMILES string of the molecule is CC(C)(O)c1nnc2n1CC(C(=O)O)CC2. The molecule has 2 heterocycles. The summed E-state index contributed by atoms with van der Waals surface area (Å²) in [7, 11) is 0. The van der Waals surface area contributed by atoms with Crippen LogP contribution in [0.4, 0.5) is 0 Å². The number of carboxylic acid groups (broad SMARTS) is 1. The van der Waals surface area contributed by atoms with Crippen LogP contribution in [-0.4, -0.2) is 30.9 Å². The normalized spacial score (nSPS) is 20.6. The van der Waals surface area contributed by atoms with Gasteiger partial charge in [-0.3, -0.25) is 4.79 Å².